The number of anilines is 1. The summed E-state index contributed by atoms with van der Waals surface area (Å²) >= 11 is 1.55. The lowest BCUT2D eigenvalue weighted by Crippen LogP contribution is -2.39. The second-order valence-electron chi connectivity index (χ2n) is 10.1. The van der Waals surface area contributed by atoms with Crippen molar-refractivity contribution in [3.8, 4) is 0 Å². The van der Waals surface area contributed by atoms with Gasteiger partial charge in [0.1, 0.15) is 4.83 Å². The van der Waals surface area contributed by atoms with Crippen molar-refractivity contribution in [1.82, 2.24) is 19.4 Å². The number of carbonyl (C=O) groups is 1. The first-order valence-electron chi connectivity index (χ1n) is 13.0. The normalized spacial score (nSPS) is 16.6. The summed E-state index contributed by atoms with van der Waals surface area (Å²) in [6, 6.07) is 18.4. The Kier molecular flexibility index (Phi) is 6.52. The Hall–Kier alpha value is -3.49. The van der Waals surface area contributed by atoms with Crippen molar-refractivity contribution >= 4 is 33.3 Å². The smallest absolute Gasteiger partial charge is 0.319 e. The van der Waals surface area contributed by atoms with Crippen LogP contribution in [0.15, 0.2) is 65.7 Å². The molecule has 0 saturated carbocycles. The highest BCUT2D eigenvalue weighted by atomic mass is 32.1. The second-order valence-corrected chi connectivity index (χ2v) is 11.2. The number of urea groups is 1. The molecule has 2 aliphatic heterocycles. The molecule has 0 bridgehead atoms. The monoisotopic (exact) mass is 513 g/mol. The number of amides is 2. The standard InChI is InChI=1S/C29H31N5O2S/c1-20-6-5-9-22(16-20)31-29(36)33-15-12-24-25(18-33)37-27-26(24)28(35)34(19-30-27)23-10-13-32(14-11-23)17-21-7-3-2-4-8-21/h2-9,16,19,23H,10-15,17-18H2,1H3,(H,31,36). The van der Waals surface area contributed by atoms with Gasteiger partial charge in [-0.05, 0) is 55.0 Å². The Morgan fingerprint density at radius 2 is 1.89 bits per heavy atom. The van der Waals surface area contributed by atoms with Crippen LogP contribution in [0.1, 0.15) is 40.5 Å². The van der Waals surface area contributed by atoms with Crippen LogP contribution in [-0.2, 0) is 19.5 Å². The van der Waals surface area contributed by atoms with Gasteiger partial charge in [0.05, 0.1) is 18.3 Å². The van der Waals surface area contributed by atoms with E-state index in [2.05, 4.69) is 34.5 Å². The number of nitrogens with one attached hydrogen (secondary N) is 1. The summed E-state index contributed by atoms with van der Waals surface area (Å²) in [5.41, 5.74) is 4.38. The van der Waals surface area contributed by atoms with E-state index in [1.165, 1.54) is 5.56 Å². The van der Waals surface area contributed by atoms with Crippen molar-refractivity contribution in [3.63, 3.8) is 0 Å². The van der Waals surface area contributed by atoms with Crippen LogP contribution in [0, 0.1) is 6.92 Å². The zero-order chi connectivity index (χ0) is 25.4. The Balaban J connectivity index is 1.16. The topological polar surface area (TPSA) is 70.5 Å². The van der Waals surface area contributed by atoms with E-state index >= 15 is 0 Å². The van der Waals surface area contributed by atoms with Gasteiger partial charge in [-0.15, -0.1) is 11.3 Å². The lowest BCUT2D eigenvalue weighted by molar-refractivity contribution is 0.177. The van der Waals surface area contributed by atoms with Crippen LogP contribution in [0.5, 0.6) is 0 Å². The molecule has 1 fully saturated rings. The number of piperidine rings is 1. The maximum atomic E-state index is 13.6. The third-order valence-electron chi connectivity index (χ3n) is 7.54. The van der Waals surface area contributed by atoms with Gasteiger partial charge in [0.15, 0.2) is 0 Å². The van der Waals surface area contributed by atoms with E-state index in [9.17, 15) is 9.59 Å². The predicted molar refractivity (Wildman–Crippen MR) is 148 cm³/mol. The Bertz CT molecular complexity index is 1490. The Labute approximate surface area is 220 Å². The molecular formula is C29H31N5O2S. The predicted octanol–water partition coefficient (Wildman–Crippen LogP) is 5.19. The summed E-state index contributed by atoms with van der Waals surface area (Å²) in [7, 11) is 0. The number of aryl methyl sites for hydroxylation is 1. The number of carbonyl (C=O) groups excluding carboxylic acids is 1. The summed E-state index contributed by atoms with van der Waals surface area (Å²) in [5.74, 6) is 0. The van der Waals surface area contributed by atoms with Gasteiger partial charge in [-0.2, -0.15) is 0 Å². The first-order chi connectivity index (χ1) is 18.0. The first-order valence-corrected chi connectivity index (χ1v) is 13.8. The number of hydrogen-bond acceptors (Lipinski definition) is 5. The Morgan fingerprint density at radius 3 is 2.68 bits per heavy atom. The molecule has 1 saturated heterocycles. The molecule has 4 aromatic rings. The third-order valence-corrected chi connectivity index (χ3v) is 8.67. The van der Waals surface area contributed by atoms with E-state index in [4.69, 9.17) is 4.98 Å². The Morgan fingerprint density at radius 1 is 1.08 bits per heavy atom. The molecular weight excluding hydrogens is 482 g/mol. The van der Waals surface area contributed by atoms with Crippen LogP contribution in [0.4, 0.5) is 10.5 Å². The highest BCUT2D eigenvalue weighted by Crippen LogP contribution is 2.33. The number of benzene rings is 2. The quantitative estimate of drug-likeness (QED) is 0.408. The molecule has 2 aromatic heterocycles. The van der Waals surface area contributed by atoms with Crippen LogP contribution >= 0.6 is 11.3 Å². The van der Waals surface area contributed by atoms with E-state index in [0.717, 1.165) is 64.4 Å². The molecule has 2 aliphatic rings. The summed E-state index contributed by atoms with van der Waals surface area (Å²) in [4.78, 5) is 37.4. The zero-order valence-electron chi connectivity index (χ0n) is 21.0. The summed E-state index contributed by atoms with van der Waals surface area (Å²) < 4.78 is 1.87. The molecule has 6 rings (SSSR count). The first kappa shape index (κ1) is 23.9. The van der Waals surface area contributed by atoms with Crippen molar-refractivity contribution in [2.24, 2.45) is 0 Å². The summed E-state index contributed by atoms with van der Waals surface area (Å²) in [5, 5.41) is 3.76. The maximum Gasteiger partial charge on any atom is 0.322 e. The molecule has 7 nitrogen and oxygen atoms in total. The van der Waals surface area contributed by atoms with E-state index < -0.39 is 0 Å². The van der Waals surface area contributed by atoms with E-state index in [1.54, 1.807) is 17.7 Å². The van der Waals surface area contributed by atoms with Gasteiger partial charge in [0, 0.05) is 42.8 Å². The minimum absolute atomic E-state index is 0.0710. The minimum Gasteiger partial charge on any atom is -0.319 e. The van der Waals surface area contributed by atoms with Gasteiger partial charge in [0.25, 0.3) is 5.56 Å². The van der Waals surface area contributed by atoms with Crippen LogP contribution < -0.4 is 10.9 Å². The average Bonchev–Trinajstić information content (AvgIpc) is 3.29. The molecule has 8 heteroatoms. The number of hydrogen-bond donors (Lipinski definition) is 1. The van der Waals surface area contributed by atoms with Crippen molar-refractivity contribution in [2.75, 3.05) is 25.0 Å². The number of thiophene rings is 1. The molecule has 1 N–H and O–H groups in total. The molecule has 0 unspecified atom stereocenters. The molecule has 4 heterocycles. The molecule has 0 atom stereocenters. The SMILES string of the molecule is Cc1cccc(NC(=O)N2CCc3c(sc4ncn(C5CCN(Cc6ccccc6)CC5)c(=O)c34)C2)c1. The second kappa shape index (κ2) is 10.1. The van der Waals surface area contributed by atoms with Crippen LogP contribution in [0.3, 0.4) is 0 Å². The van der Waals surface area contributed by atoms with Crippen molar-refractivity contribution in [2.45, 2.75) is 45.3 Å². The van der Waals surface area contributed by atoms with Gasteiger partial charge in [0.2, 0.25) is 0 Å². The maximum absolute atomic E-state index is 13.6. The third kappa shape index (κ3) is 4.91. The van der Waals surface area contributed by atoms with Crippen LogP contribution in [0.2, 0.25) is 0 Å². The van der Waals surface area contributed by atoms with Gasteiger partial charge in [-0.3, -0.25) is 14.3 Å². The number of rotatable bonds is 4. The van der Waals surface area contributed by atoms with E-state index in [-0.39, 0.29) is 17.6 Å². The lowest BCUT2D eigenvalue weighted by Gasteiger charge is -2.32. The molecule has 2 aromatic carbocycles. The average molecular weight is 514 g/mol. The number of likely N-dealkylation sites (tertiary alicyclic amines) is 1. The zero-order valence-corrected chi connectivity index (χ0v) is 21.8. The summed E-state index contributed by atoms with van der Waals surface area (Å²) in [6.45, 7) is 5.99. The molecule has 37 heavy (non-hydrogen) atoms. The fourth-order valence-corrected chi connectivity index (χ4v) is 6.75. The molecule has 0 radical (unpaired) electrons. The molecule has 0 spiro atoms. The molecule has 0 aliphatic carbocycles. The fourth-order valence-electron chi connectivity index (χ4n) is 5.55. The van der Waals surface area contributed by atoms with E-state index in [0.29, 0.717) is 19.5 Å². The lowest BCUT2D eigenvalue weighted by atomic mass is 10.0. The summed E-state index contributed by atoms with van der Waals surface area (Å²) in [6.07, 6.45) is 4.30. The fraction of sp³-hybridized carbons (Fsp3) is 0.345. The van der Waals surface area contributed by atoms with Gasteiger partial charge >= 0.3 is 6.03 Å². The highest BCUT2D eigenvalue weighted by Gasteiger charge is 2.28. The van der Waals surface area contributed by atoms with Crippen LogP contribution in [0.25, 0.3) is 10.2 Å². The number of fused-ring (bicyclic) bond motifs is 3. The minimum atomic E-state index is -0.110. The van der Waals surface area contributed by atoms with Crippen LogP contribution in [-0.4, -0.2) is 45.0 Å². The molecule has 190 valence electrons. The highest BCUT2D eigenvalue weighted by molar-refractivity contribution is 7.18. The number of nitrogens with zero attached hydrogens (tertiary/aromatic N) is 4. The largest absolute Gasteiger partial charge is 0.322 e. The number of aromatic nitrogens is 2. The van der Waals surface area contributed by atoms with Crippen molar-refractivity contribution < 1.29 is 4.79 Å². The van der Waals surface area contributed by atoms with E-state index in [1.807, 2.05) is 46.7 Å². The van der Waals surface area contributed by atoms with Gasteiger partial charge in [-0.25, -0.2) is 9.78 Å². The van der Waals surface area contributed by atoms with Gasteiger partial charge in [-0.1, -0.05) is 42.5 Å². The molecule has 2 amide bonds. The van der Waals surface area contributed by atoms with Crippen molar-refractivity contribution in [3.05, 3.63) is 92.8 Å². The van der Waals surface area contributed by atoms with Crippen molar-refractivity contribution in [1.29, 1.82) is 0 Å². The van der Waals surface area contributed by atoms with Gasteiger partial charge < -0.3 is 10.2 Å².